The van der Waals surface area contributed by atoms with E-state index in [1.165, 1.54) is 0 Å². The lowest BCUT2D eigenvalue weighted by molar-refractivity contribution is -0.125. The van der Waals surface area contributed by atoms with Crippen LogP contribution < -0.4 is 11.1 Å². The zero-order valence-electron chi connectivity index (χ0n) is 12.9. The summed E-state index contributed by atoms with van der Waals surface area (Å²) in [5.74, 6) is 0.0235. The lowest BCUT2D eigenvalue weighted by Crippen LogP contribution is -2.52. The molecule has 0 atom stereocenters. The van der Waals surface area contributed by atoms with Gasteiger partial charge in [0.15, 0.2) is 0 Å². The summed E-state index contributed by atoms with van der Waals surface area (Å²) >= 11 is 0. The Hall–Kier alpha value is -1.06. The minimum absolute atomic E-state index is 0. The molecule has 0 saturated heterocycles. The molecule has 1 rings (SSSR count). The topological polar surface area (TPSA) is 55.1 Å². The number of rotatable bonds is 6. The predicted molar refractivity (Wildman–Crippen MR) is 87.2 cm³/mol. The van der Waals surface area contributed by atoms with Gasteiger partial charge in [-0.15, -0.1) is 12.4 Å². The first kappa shape index (κ1) is 18.9. The van der Waals surface area contributed by atoms with Gasteiger partial charge < -0.3 is 11.1 Å². The number of halogens is 1. The standard InChI is InChI=1S/C16H26N2O.ClH/c1-5-16(17,6-2)12-18-14(19)15(3,4)13-10-8-7-9-11-13;/h7-11H,5-6,12,17H2,1-4H3,(H,18,19);1H. The van der Waals surface area contributed by atoms with E-state index in [1.807, 2.05) is 44.2 Å². The van der Waals surface area contributed by atoms with Crippen molar-refractivity contribution >= 4 is 18.3 Å². The largest absolute Gasteiger partial charge is 0.354 e. The van der Waals surface area contributed by atoms with Crippen molar-refractivity contribution < 1.29 is 4.79 Å². The summed E-state index contributed by atoms with van der Waals surface area (Å²) in [7, 11) is 0. The van der Waals surface area contributed by atoms with Crippen LogP contribution in [-0.2, 0) is 10.2 Å². The third-order valence-electron chi connectivity index (χ3n) is 4.07. The lowest BCUT2D eigenvalue weighted by Gasteiger charge is -2.30. The van der Waals surface area contributed by atoms with E-state index in [-0.39, 0.29) is 23.9 Å². The van der Waals surface area contributed by atoms with Gasteiger partial charge in [0, 0.05) is 12.1 Å². The second kappa shape index (κ2) is 7.65. The fourth-order valence-corrected chi connectivity index (χ4v) is 1.96. The Labute approximate surface area is 128 Å². The number of nitrogens with one attached hydrogen (secondary N) is 1. The summed E-state index contributed by atoms with van der Waals surface area (Å²) in [6.45, 7) is 8.51. The van der Waals surface area contributed by atoms with Crippen molar-refractivity contribution in [3.05, 3.63) is 35.9 Å². The molecule has 0 aliphatic heterocycles. The molecule has 0 radical (unpaired) electrons. The van der Waals surface area contributed by atoms with Gasteiger partial charge in [0.25, 0.3) is 0 Å². The summed E-state index contributed by atoms with van der Waals surface area (Å²) in [6.07, 6.45) is 1.71. The molecule has 0 bridgehead atoms. The molecule has 4 heteroatoms. The normalized spacial score (nSPS) is 11.7. The lowest BCUT2D eigenvalue weighted by atomic mass is 9.83. The third-order valence-corrected chi connectivity index (χ3v) is 4.07. The fraction of sp³-hybridized carbons (Fsp3) is 0.562. The van der Waals surface area contributed by atoms with Gasteiger partial charge in [-0.05, 0) is 32.3 Å². The van der Waals surface area contributed by atoms with Crippen LogP contribution in [0.15, 0.2) is 30.3 Å². The summed E-state index contributed by atoms with van der Waals surface area (Å²) in [4.78, 5) is 12.4. The maximum Gasteiger partial charge on any atom is 0.230 e. The van der Waals surface area contributed by atoms with Crippen LogP contribution in [0.4, 0.5) is 0 Å². The highest BCUT2D eigenvalue weighted by atomic mass is 35.5. The molecule has 3 nitrogen and oxygen atoms in total. The van der Waals surface area contributed by atoms with Gasteiger partial charge in [0.2, 0.25) is 5.91 Å². The predicted octanol–water partition coefficient (Wildman–Crippen LogP) is 3.02. The van der Waals surface area contributed by atoms with E-state index in [1.54, 1.807) is 0 Å². The van der Waals surface area contributed by atoms with Crippen molar-refractivity contribution in [2.45, 2.75) is 51.5 Å². The first-order chi connectivity index (χ1) is 8.85. The number of hydrogen-bond donors (Lipinski definition) is 2. The Morgan fingerprint density at radius 2 is 1.65 bits per heavy atom. The van der Waals surface area contributed by atoms with Gasteiger partial charge in [0.05, 0.1) is 5.41 Å². The summed E-state index contributed by atoms with van der Waals surface area (Å²) in [5.41, 5.74) is 6.39. The van der Waals surface area contributed by atoms with Crippen LogP contribution in [0.3, 0.4) is 0 Å². The van der Waals surface area contributed by atoms with E-state index in [0.29, 0.717) is 6.54 Å². The van der Waals surface area contributed by atoms with Gasteiger partial charge in [-0.25, -0.2) is 0 Å². The van der Waals surface area contributed by atoms with Crippen LogP contribution in [0.5, 0.6) is 0 Å². The first-order valence-electron chi connectivity index (χ1n) is 6.98. The Morgan fingerprint density at radius 3 is 2.10 bits per heavy atom. The molecular weight excluding hydrogens is 272 g/mol. The Kier molecular flexibility index (Phi) is 7.25. The van der Waals surface area contributed by atoms with E-state index in [4.69, 9.17) is 5.73 Å². The van der Waals surface area contributed by atoms with E-state index >= 15 is 0 Å². The minimum Gasteiger partial charge on any atom is -0.354 e. The highest BCUT2D eigenvalue weighted by Gasteiger charge is 2.31. The second-order valence-electron chi connectivity index (χ2n) is 5.74. The molecule has 0 aromatic heterocycles. The van der Waals surface area contributed by atoms with Crippen LogP contribution in [0, 0.1) is 0 Å². The van der Waals surface area contributed by atoms with Crippen LogP contribution in [-0.4, -0.2) is 18.0 Å². The van der Waals surface area contributed by atoms with E-state index in [0.717, 1.165) is 18.4 Å². The highest BCUT2D eigenvalue weighted by molar-refractivity contribution is 5.87. The van der Waals surface area contributed by atoms with Gasteiger partial charge in [-0.1, -0.05) is 44.2 Å². The molecule has 0 heterocycles. The zero-order valence-corrected chi connectivity index (χ0v) is 13.7. The molecular formula is C16H27ClN2O. The minimum atomic E-state index is -0.538. The number of nitrogens with two attached hydrogens (primary N) is 1. The molecule has 0 fully saturated rings. The average Bonchev–Trinajstić information content (AvgIpc) is 2.45. The van der Waals surface area contributed by atoms with Crippen molar-refractivity contribution in [1.82, 2.24) is 5.32 Å². The van der Waals surface area contributed by atoms with Crippen LogP contribution in [0.25, 0.3) is 0 Å². The molecule has 0 unspecified atom stereocenters. The first-order valence-corrected chi connectivity index (χ1v) is 6.98. The van der Waals surface area contributed by atoms with Crippen molar-refractivity contribution in [2.75, 3.05) is 6.54 Å². The van der Waals surface area contributed by atoms with Crippen LogP contribution in [0.2, 0.25) is 0 Å². The molecule has 1 aromatic carbocycles. The molecule has 1 aromatic rings. The number of carbonyl (C=O) groups is 1. The quantitative estimate of drug-likeness (QED) is 0.848. The second-order valence-corrected chi connectivity index (χ2v) is 5.74. The highest BCUT2D eigenvalue weighted by Crippen LogP contribution is 2.23. The Bertz CT molecular complexity index is 414. The Balaban J connectivity index is 0.00000361. The SMILES string of the molecule is CCC(N)(CC)CNC(=O)C(C)(C)c1ccccc1.Cl. The van der Waals surface area contributed by atoms with Crippen molar-refractivity contribution in [1.29, 1.82) is 0 Å². The zero-order chi connectivity index (χ0) is 14.5. The monoisotopic (exact) mass is 298 g/mol. The molecule has 0 aliphatic carbocycles. The number of benzene rings is 1. The van der Waals surface area contributed by atoms with Crippen molar-refractivity contribution in [3.63, 3.8) is 0 Å². The molecule has 20 heavy (non-hydrogen) atoms. The average molecular weight is 299 g/mol. The molecule has 3 N–H and O–H groups in total. The molecule has 1 amide bonds. The smallest absolute Gasteiger partial charge is 0.230 e. The van der Waals surface area contributed by atoms with E-state index < -0.39 is 5.41 Å². The summed E-state index contributed by atoms with van der Waals surface area (Å²) in [5, 5.41) is 3.00. The van der Waals surface area contributed by atoms with E-state index in [9.17, 15) is 4.79 Å². The Morgan fingerprint density at radius 1 is 1.15 bits per heavy atom. The number of hydrogen-bond acceptors (Lipinski definition) is 2. The van der Waals surface area contributed by atoms with Gasteiger partial charge >= 0.3 is 0 Å². The van der Waals surface area contributed by atoms with Gasteiger partial charge in [-0.3, -0.25) is 4.79 Å². The molecule has 0 aliphatic rings. The number of carbonyl (C=O) groups excluding carboxylic acids is 1. The van der Waals surface area contributed by atoms with Gasteiger partial charge in [-0.2, -0.15) is 0 Å². The van der Waals surface area contributed by atoms with Crippen LogP contribution in [0.1, 0.15) is 46.1 Å². The third kappa shape index (κ3) is 4.50. The van der Waals surface area contributed by atoms with Crippen LogP contribution >= 0.6 is 12.4 Å². The molecule has 0 spiro atoms. The summed E-state index contributed by atoms with van der Waals surface area (Å²) in [6, 6.07) is 9.83. The molecule has 114 valence electrons. The fourth-order valence-electron chi connectivity index (χ4n) is 1.96. The van der Waals surface area contributed by atoms with Gasteiger partial charge in [0.1, 0.15) is 0 Å². The molecule has 0 saturated carbocycles. The van der Waals surface area contributed by atoms with Crippen molar-refractivity contribution in [3.8, 4) is 0 Å². The number of amides is 1. The summed E-state index contributed by atoms with van der Waals surface area (Å²) < 4.78 is 0. The van der Waals surface area contributed by atoms with E-state index in [2.05, 4.69) is 19.2 Å². The maximum absolute atomic E-state index is 12.4. The maximum atomic E-state index is 12.4. The van der Waals surface area contributed by atoms with Crippen molar-refractivity contribution in [2.24, 2.45) is 5.73 Å².